The molecule has 0 spiro atoms. The number of halogens is 3. The lowest BCUT2D eigenvalue weighted by atomic mass is 10.2. The zero-order valence-electron chi connectivity index (χ0n) is 11.2. The Morgan fingerprint density at radius 1 is 1.14 bits per heavy atom. The molecule has 1 saturated carbocycles. The number of benzene rings is 2. The van der Waals surface area contributed by atoms with Gasteiger partial charge in [-0.25, -0.2) is 8.78 Å². The minimum atomic E-state index is -0.357. The molecule has 0 unspecified atom stereocenters. The van der Waals surface area contributed by atoms with E-state index in [-0.39, 0.29) is 11.6 Å². The first-order chi connectivity index (χ1) is 10.1. The number of hydrogen-bond acceptors (Lipinski definition) is 2. The van der Waals surface area contributed by atoms with Crippen LogP contribution in [0.2, 0.25) is 0 Å². The topological polar surface area (TPSA) is 21.3 Å². The highest BCUT2D eigenvalue weighted by Crippen LogP contribution is 2.33. The van der Waals surface area contributed by atoms with E-state index >= 15 is 0 Å². The molecule has 21 heavy (non-hydrogen) atoms. The smallest absolute Gasteiger partial charge is 0.141 e. The monoisotopic (exact) mass is 353 g/mol. The van der Waals surface area contributed by atoms with E-state index in [1.165, 1.54) is 24.3 Å². The summed E-state index contributed by atoms with van der Waals surface area (Å²) in [6, 6.07) is 9.35. The van der Waals surface area contributed by atoms with Gasteiger partial charge in [0, 0.05) is 18.2 Å². The summed E-state index contributed by atoms with van der Waals surface area (Å²) in [7, 11) is 0. The highest BCUT2D eigenvalue weighted by molar-refractivity contribution is 9.10. The predicted octanol–water partition coefficient (Wildman–Crippen LogP) is 4.77. The molecule has 1 fully saturated rings. The van der Waals surface area contributed by atoms with E-state index in [1.807, 2.05) is 0 Å². The van der Waals surface area contributed by atoms with Crippen molar-refractivity contribution in [3.05, 3.63) is 58.1 Å². The molecular weight excluding hydrogens is 340 g/mol. The minimum absolute atomic E-state index is 0.307. The van der Waals surface area contributed by atoms with Crippen molar-refractivity contribution in [1.82, 2.24) is 5.32 Å². The third kappa shape index (κ3) is 3.60. The molecule has 110 valence electrons. The molecule has 0 aromatic heterocycles. The summed E-state index contributed by atoms with van der Waals surface area (Å²) in [5.74, 6) is 0.230. The predicted molar refractivity (Wildman–Crippen MR) is 80.4 cm³/mol. The maximum Gasteiger partial charge on any atom is 0.141 e. The maximum atomic E-state index is 14.0. The molecule has 1 aliphatic carbocycles. The second-order valence-electron chi connectivity index (χ2n) is 5.05. The normalized spacial score (nSPS) is 14.2. The molecule has 0 heterocycles. The van der Waals surface area contributed by atoms with Gasteiger partial charge < -0.3 is 10.1 Å². The number of hydrogen-bond donors (Lipinski definition) is 1. The molecule has 0 saturated heterocycles. The van der Waals surface area contributed by atoms with Gasteiger partial charge in [-0.2, -0.15) is 0 Å². The zero-order valence-corrected chi connectivity index (χ0v) is 12.8. The summed E-state index contributed by atoms with van der Waals surface area (Å²) < 4.78 is 33.3. The molecule has 0 atom stereocenters. The fraction of sp³-hybridized carbons (Fsp3) is 0.250. The molecule has 2 nitrogen and oxygen atoms in total. The van der Waals surface area contributed by atoms with Gasteiger partial charge in [-0.1, -0.05) is 6.07 Å². The number of rotatable bonds is 5. The van der Waals surface area contributed by atoms with E-state index < -0.39 is 0 Å². The van der Waals surface area contributed by atoms with E-state index in [1.54, 1.807) is 12.1 Å². The highest BCUT2D eigenvalue weighted by atomic mass is 79.9. The Balaban J connectivity index is 1.84. The van der Waals surface area contributed by atoms with Crippen LogP contribution in [-0.4, -0.2) is 6.04 Å². The molecule has 3 rings (SSSR count). The molecule has 1 aliphatic rings. The Morgan fingerprint density at radius 3 is 2.67 bits per heavy atom. The zero-order chi connectivity index (χ0) is 14.8. The minimum Gasteiger partial charge on any atom is -0.456 e. The lowest BCUT2D eigenvalue weighted by molar-refractivity contribution is 0.457. The Labute approximate surface area is 130 Å². The van der Waals surface area contributed by atoms with Crippen LogP contribution < -0.4 is 10.1 Å². The largest absolute Gasteiger partial charge is 0.456 e. The second kappa shape index (κ2) is 6.12. The van der Waals surface area contributed by atoms with Crippen LogP contribution >= 0.6 is 15.9 Å². The van der Waals surface area contributed by atoms with Gasteiger partial charge in [-0.3, -0.25) is 0 Å². The van der Waals surface area contributed by atoms with E-state index in [9.17, 15) is 8.78 Å². The van der Waals surface area contributed by atoms with Gasteiger partial charge in [-0.15, -0.1) is 0 Å². The molecule has 2 aromatic rings. The first kappa shape index (κ1) is 14.5. The van der Waals surface area contributed by atoms with Crippen molar-refractivity contribution < 1.29 is 13.5 Å². The van der Waals surface area contributed by atoms with Gasteiger partial charge in [0.25, 0.3) is 0 Å². The summed E-state index contributed by atoms with van der Waals surface area (Å²) in [5.41, 5.74) is 0.487. The van der Waals surface area contributed by atoms with E-state index in [0.717, 1.165) is 12.8 Å². The molecule has 0 amide bonds. The van der Waals surface area contributed by atoms with Crippen molar-refractivity contribution in [3.8, 4) is 11.5 Å². The summed E-state index contributed by atoms with van der Waals surface area (Å²) in [6.45, 7) is 0.422. The third-order valence-corrected chi connectivity index (χ3v) is 3.95. The van der Waals surface area contributed by atoms with Crippen molar-refractivity contribution in [2.75, 3.05) is 0 Å². The van der Waals surface area contributed by atoms with Crippen LogP contribution in [0.1, 0.15) is 18.4 Å². The molecule has 0 aliphatic heterocycles. The van der Waals surface area contributed by atoms with Gasteiger partial charge in [0.1, 0.15) is 23.1 Å². The first-order valence-electron chi connectivity index (χ1n) is 6.77. The molecule has 2 aromatic carbocycles. The average molecular weight is 354 g/mol. The van der Waals surface area contributed by atoms with Crippen molar-refractivity contribution >= 4 is 15.9 Å². The Bertz CT molecular complexity index is 659. The van der Waals surface area contributed by atoms with Crippen LogP contribution in [0.25, 0.3) is 0 Å². The van der Waals surface area contributed by atoms with Crippen LogP contribution in [-0.2, 0) is 6.54 Å². The van der Waals surface area contributed by atoms with Gasteiger partial charge in [0.2, 0.25) is 0 Å². The SMILES string of the molecule is Fc1ccc(Oc2cccc(F)c2CNC2CC2)c(Br)c1. The van der Waals surface area contributed by atoms with E-state index in [4.69, 9.17) is 4.74 Å². The van der Waals surface area contributed by atoms with Crippen LogP contribution in [0, 0.1) is 11.6 Å². The van der Waals surface area contributed by atoms with Crippen molar-refractivity contribution in [3.63, 3.8) is 0 Å². The standard InChI is InChI=1S/C16H14BrF2NO/c17-13-8-10(18)4-7-16(13)21-15-3-1-2-14(19)12(15)9-20-11-5-6-11/h1-4,7-8,11,20H,5-6,9H2. The van der Waals surface area contributed by atoms with E-state index in [2.05, 4.69) is 21.2 Å². The molecule has 1 N–H and O–H groups in total. The van der Waals surface area contributed by atoms with Gasteiger partial charge >= 0.3 is 0 Å². The second-order valence-corrected chi connectivity index (χ2v) is 5.90. The fourth-order valence-corrected chi connectivity index (χ4v) is 2.45. The van der Waals surface area contributed by atoms with Crippen molar-refractivity contribution in [1.29, 1.82) is 0 Å². The Morgan fingerprint density at radius 2 is 1.95 bits per heavy atom. The van der Waals surface area contributed by atoms with Crippen LogP contribution in [0.5, 0.6) is 11.5 Å². The molecule has 5 heteroatoms. The third-order valence-electron chi connectivity index (χ3n) is 3.33. The summed E-state index contributed by atoms with van der Waals surface area (Å²) in [5, 5.41) is 3.27. The quantitative estimate of drug-likeness (QED) is 0.835. The Kier molecular flexibility index (Phi) is 4.22. The maximum absolute atomic E-state index is 14.0. The highest BCUT2D eigenvalue weighted by Gasteiger charge is 2.22. The van der Waals surface area contributed by atoms with Gasteiger partial charge in [0.15, 0.2) is 0 Å². The number of ether oxygens (including phenoxy) is 1. The van der Waals surface area contributed by atoms with Crippen molar-refractivity contribution in [2.45, 2.75) is 25.4 Å². The van der Waals surface area contributed by atoms with Gasteiger partial charge in [-0.05, 0) is 59.1 Å². The lowest BCUT2D eigenvalue weighted by Crippen LogP contribution is -2.16. The number of nitrogens with one attached hydrogen (secondary N) is 1. The van der Waals surface area contributed by atoms with Crippen LogP contribution in [0.4, 0.5) is 8.78 Å². The summed E-state index contributed by atoms with van der Waals surface area (Å²) >= 11 is 3.25. The van der Waals surface area contributed by atoms with Crippen LogP contribution in [0.3, 0.4) is 0 Å². The molecule has 0 bridgehead atoms. The molecule has 0 radical (unpaired) electrons. The summed E-state index contributed by atoms with van der Waals surface area (Å²) in [4.78, 5) is 0. The van der Waals surface area contributed by atoms with Gasteiger partial charge in [0.05, 0.1) is 4.47 Å². The van der Waals surface area contributed by atoms with E-state index in [0.29, 0.717) is 34.1 Å². The molecular formula is C16H14BrF2NO. The summed E-state index contributed by atoms with van der Waals surface area (Å²) in [6.07, 6.45) is 2.27. The van der Waals surface area contributed by atoms with Crippen LogP contribution in [0.15, 0.2) is 40.9 Å². The fourth-order valence-electron chi connectivity index (χ4n) is 2.02. The van der Waals surface area contributed by atoms with Crippen molar-refractivity contribution in [2.24, 2.45) is 0 Å². The Hall–Kier alpha value is -1.46. The lowest BCUT2D eigenvalue weighted by Gasteiger charge is -2.13. The first-order valence-corrected chi connectivity index (χ1v) is 7.56. The average Bonchev–Trinajstić information content (AvgIpc) is 3.25.